The Hall–Kier alpha value is -3.61. The van der Waals surface area contributed by atoms with E-state index < -0.39 is 0 Å². The third-order valence-corrected chi connectivity index (χ3v) is 3.60. The van der Waals surface area contributed by atoms with Crippen LogP contribution in [0, 0.1) is 0 Å². The van der Waals surface area contributed by atoms with Crippen molar-refractivity contribution < 1.29 is 4.79 Å². The van der Waals surface area contributed by atoms with Gasteiger partial charge in [0.25, 0.3) is 11.9 Å². The smallest absolute Gasteiger partial charge is 0.270 e. The summed E-state index contributed by atoms with van der Waals surface area (Å²) >= 11 is 0. The first-order chi connectivity index (χ1) is 11.8. The highest BCUT2D eigenvalue weighted by atomic mass is 16.1. The van der Waals surface area contributed by atoms with E-state index in [0.29, 0.717) is 5.56 Å². The Labute approximate surface area is 136 Å². The van der Waals surface area contributed by atoms with Crippen LogP contribution in [0.3, 0.4) is 0 Å². The van der Waals surface area contributed by atoms with Crippen molar-refractivity contribution in [2.75, 3.05) is 5.32 Å². The molecule has 2 aromatic heterocycles. The summed E-state index contributed by atoms with van der Waals surface area (Å²) in [5.41, 5.74) is 2.92. The number of amides is 1. The highest BCUT2D eigenvalue weighted by Crippen LogP contribution is 2.25. The Balaban J connectivity index is 1.85. The highest BCUT2D eigenvalue weighted by molar-refractivity contribution is 6.12. The van der Waals surface area contributed by atoms with Crippen molar-refractivity contribution >= 4 is 22.8 Å². The second-order valence-corrected chi connectivity index (χ2v) is 5.13. The number of H-pyrrole nitrogens is 1. The number of benzene rings is 2. The van der Waals surface area contributed by atoms with Crippen LogP contribution >= 0.6 is 0 Å². The van der Waals surface area contributed by atoms with Gasteiger partial charge in [-0.25, -0.2) is 4.98 Å². The van der Waals surface area contributed by atoms with Gasteiger partial charge in [-0.15, -0.1) is 5.10 Å². The number of aromatic nitrogens is 5. The molecule has 1 amide bonds. The number of aromatic amines is 1. The minimum atomic E-state index is -0.313. The van der Waals surface area contributed by atoms with E-state index in [1.807, 2.05) is 54.6 Å². The summed E-state index contributed by atoms with van der Waals surface area (Å²) in [4.78, 5) is 17.3. The van der Waals surface area contributed by atoms with Gasteiger partial charge in [-0.1, -0.05) is 53.6 Å². The number of nitrogens with zero attached hydrogens (tertiary/aromatic N) is 4. The number of carbonyl (C=O) groups is 1. The number of carbonyl (C=O) groups excluding carboxylic acids is 1. The van der Waals surface area contributed by atoms with Crippen LogP contribution in [0.1, 0.15) is 10.4 Å². The summed E-state index contributed by atoms with van der Waals surface area (Å²) in [5, 5.41) is 16.6. The topological polar surface area (TPSA) is 96.5 Å². The maximum atomic E-state index is 12.6. The Morgan fingerprint density at radius 2 is 1.79 bits per heavy atom. The van der Waals surface area contributed by atoms with Gasteiger partial charge in [0.1, 0.15) is 0 Å². The lowest BCUT2D eigenvalue weighted by Gasteiger charge is -2.09. The van der Waals surface area contributed by atoms with Crippen LogP contribution < -0.4 is 5.32 Å². The van der Waals surface area contributed by atoms with Crippen molar-refractivity contribution in [3.63, 3.8) is 0 Å². The number of hydrogen-bond acceptors (Lipinski definition) is 5. The minimum absolute atomic E-state index is 0.127. The summed E-state index contributed by atoms with van der Waals surface area (Å²) < 4.78 is 0. The third kappa shape index (κ3) is 2.58. The molecule has 0 fully saturated rings. The van der Waals surface area contributed by atoms with E-state index in [9.17, 15) is 4.79 Å². The molecule has 0 bridgehead atoms. The molecule has 2 heterocycles. The fourth-order valence-corrected chi connectivity index (χ4v) is 2.50. The van der Waals surface area contributed by atoms with Gasteiger partial charge in [0.2, 0.25) is 0 Å². The molecule has 0 spiro atoms. The SMILES string of the molecule is O=C(Nc1nn[nH]n1)c1cc(-c2ccccc2)nc2ccccc12. The molecule has 0 aliphatic heterocycles. The Kier molecular flexibility index (Phi) is 3.43. The molecular formula is C17H12N6O. The van der Waals surface area contributed by atoms with Crippen LogP contribution in [0.2, 0.25) is 0 Å². The average Bonchev–Trinajstić information content (AvgIpc) is 3.14. The van der Waals surface area contributed by atoms with E-state index in [2.05, 4.69) is 30.9 Å². The van der Waals surface area contributed by atoms with Crippen molar-refractivity contribution in [2.45, 2.75) is 0 Å². The lowest BCUT2D eigenvalue weighted by atomic mass is 10.0. The van der Waals surface area contributed by atoms with Gasteiger partial charge in [0.15, 0.2) is 0 Å². The molecule has 4 aromatic rings. The summed E-state index contributed by atoms with van der Waals surface area (Å²) in [7, 11) is 0. The molecule has 0 saturated carbocycles. The van der Waals surface area contributed by atoms with Crippen LogP contribution in [0.25, 0.3) is 22.2 Å². The van der Waals surface area contributed by atoms with Crippen molar-refractivity contribution in [3.05, 3.63) is 66.2 Å². The van der Waals surface area contributed by atoms with Crippen molar-refractivity contribution in [1.82, 2.24) is 25.6 Å². The summed E-state index contributed by atoms with van der Waals surface area (Å²) in [6, 6.07) is 19.0. The van der Waals surface area contributed by atoms with Gasteiger partial charge >= 0.3 is 0 Å². The van der Waals surface area contributed by atoms with Crippen molar-refractivity contribution in [1.29, 1.82) is 0 Å². The summed E-state index contributed by atoms with van der Waals surface area (Å²) in [5.74, 6) is -0.186. The van der Waals surface area contributed by atoms with Gasteiger partial charge in [-0.05, 0) is 17.3 Å². The lowest BCUT2D eigenvalue weighted by Crippen LogP contribution is -2.14. The van der Waals surface area contributed by atoms with Crippen molar-refractivity contribution in [3.8, 4) is 11.3 Å². The van der Waals surface area contributed by atoms with E-state index in [4.69, 9.17) is 0 Å². The molecule has 116 valence electrons. The molecule has 0 radical (unpaired) electrons. The number of pyridine rings is 1. The summed E-state index contributed by atoms with van der Waals surface area (Å²) in [6.45, 7) is 0. The average molecular weight is 316 g/mol. The van der Waals surface area contributed by atoms with Crippen LogP contribution in [0.15, 0.2) is 60.7 Å². The predicted molar refractivity (Wildman–Crippen MR) is 89.3 cm³/mol. The van der Waals surface area contributed by atoms with E-state index >= 15 is 0 Å². The Morgan fingerprint density at radius 1 is 1.00 bits per heavy atom. The number of para-hydroxylation sites is 1. The number of tetrazole rings is 1. The van der Waals surface area contributed by atoms with Crippen molar-refractivity contribution in [2.24, 2.45) is 0 Å². The second kappa shape index (κ2) is 5.88. The molecule has 0 aliphatic rings. The molecule has 24 heavy (non-hydrogen) atoms. The predicted octanol–water partition coefficient (Wildman–Crippen LogP) is 2.67. The van der Waals surface area contributed by atoms with Gasteiger partial charge in [0, 0.05) is 10.9 Å². The molecule has 4 rings (SSSR count). The highest BCUT2D eigenvalue weighted by Gasteiger charge is 2.15. The number of hydrogen-bond donors (Lipinski definition) is 2. The van der Waals surface area contributed by atoms with Crippen LogP contribution in [-0.4, -0.2) is 31.5 Å². The van der Waals surface area contributed by atoms with Gasteiger partial charge in [-0.3, -0.25) is 10.1 Å². The molecule has 0 unspecified atom stereocenters. The maximum absolute atomic E-state index is 12.6. The first-order valence-electron chi connectivity index (χ1n) is 7.31. The van der Waals surface area contributed by atoms with Gasteiger partial charge in [0.05, 0.1) is 16.8 Å². The monoisotopic (exact) mass is 316 g/mol. The molecule has 0 atom stereocenters. The first kappa shape index (κ1) is 14.0. The zero-order valence-corrected chi connectivity index (χ0v) is 12.5. The quantitative estimate of drug-likeness (QED) is 0.605. The van der Waals surface area contributed by atoms with E-state index in [0.717, 1.165) is 22.2 Å². The molecular weight excluding hydrogens is 304 g/mol. The largest absolute Gasteiger partial charge is 0.288 e. The van der Waals surface area contributed by atoms with Gasteiger partial charge in [-0.2, -0.15) is 5.21 Å². The fourth-order valence-electron chi connectivity index (χ4n) is 2.50. The number of rotatable bonds is 3. The van der Waals surface area contributed by atoms with Crippen LogP contribution in [-0.2, 0) is 0 Å². The normalized spacial score (nSPS) is 10.7. The number of nitrogens with one attached hydrogen (secondary N) is 2. The Bertz CT molecular complexity index is 998. The van der Waals surface area contributed by atoms with E-state index in [1.54, 1.807) is 6.07 Å². The second-order valence-electron chi connectivity index (χ2n) is 5.13. The number of fused-ring (bicyclic) bond motifs is 1. The molecule has 7 heteroatoms. The third-order valence-electron chi connectivity index (χ3n) is 3.60. The summed E-state index contributed by atoms with van der Waals surface area (Å²) in [6.07, 6.45) is 0. The molecule has 0 saturated heterocycles. The number of anilines is 1. The van der Waals surface area contributed by atoms with Crippen LogP contribution in [0.5, 0.6) is 0 Å². The molecule has 7 nitrogen and oxygen atoms in total. The first-order valence-corrected chi connectivity index (χ1v) is 7.31. The molecule has 2 aromatic carbocycles. The molecule has 2 N–H and O–H groups in total. The van der Waals surface area contributed by atoms with Gasteiger partial charge < -0.3 is 0 Å². The molecule has 0 aliphatic carbocycles. The zero-order chi connectivity index (χ0) is 16.4. The van der Waals surface area contributed by atoms with Crippen LogP contribution in [0.4, 0.5) is 5.95 Å². The lowest BCUT2D eigenvalue weighted by molar-refractivity contribution is 0.102. The zero-order valence-electron chi connectivity index (χ0n) is 12.5. The standard InChI is InChI=1S/C17H12N6O/c24-16(19-17-20-22-23-21-17)13-10-15(11-6-2-1-3-7-11)18-14-9-5-4-8-12(13)14/h1-10H,(H2,19,20,21,22,23,24). The minimum Gasteiger partial charge on any atom is -0.288 e. The van der Waals surface area contributed by atoms with E-state index in [1.165, 1.54) is 0 Å². The fraction of sp³-hybridized carbons (Fsp3) is 0. The van der Waals surface area contributed by atoms with E-state index in [-0.39, 0.29) is 11.9 Å². The maximum Gasteiger partial charge on any atom is 0.270 e. The Morgan fingerprint density at radius 3 is 2.58 bits per heavy atom.